The van der Waals surface area contributed by atoms with Gasteiger partial charge >= 0.3 is 6.03 Å². The molecular formula is C32H33F2N5O4. The zero-order chi connectivity index (χ0) is 30.7. The fraction of sp³-hybridized carbons (Fsp3) is 0.281. The number of hydrazine groups is 1. The fourth-order valence-corrected chi connectivity index (χ4v) is 5.55. The van der Waals surface area contributed by atoms with Crippen LogP contribution in [0.25, 0.3) is 0 Å². The second kappa shape index (κ2) is 12.6. The molecule has 2 atom stereocenters. The van der Waals surface area contributed by atoms with Gasteiger partial charge < -0.3 is 20.2 Å². The molecule has 43 heavy (non-hydrogen) atoms. The molecular weight excluding hydrogens is 556 g/mol. The van der Waals surface area contributed by atoms with Gasteiger partial charge in [-0.3, -0.25) is 9.59 Å². The molecule has 224 valence electrons. The maximum Gasteiger partial charge on any atom is 0.334 e. The topological polar surface area (TPSA) is 96.4 Å². The summed E-state index contributed by atoms with van der Waals surface area (Å²) in [6.07, 6.45) is -0.816. The number of urea groups is 1. The molecule has 0 aliphatic carbocycles. The summed E-state index contributed by atoms with van der Waals surface area (Å²) in [4.78, 5) is 44.3. The molecule has 3 aromatic carbocycles. The summed E-state index contributed by atoms with van der Waals surface area (Å²) < 4.78 is 28.4. The lowest BCUT2D eigenvalue weighted by Gasteiger charge is -2.55. The Hall–Kier alpha value is -4.77. The lowest BCUT2D eigenvalue weighted by molar-refractivity contribution is -0.189. The van der Waals surface area contributed by atoms with Crippen LogP contribution in [0.5, 0.6) is 5.75 Å². The van der Waals surface area contributed by atoms with Crippen LogP contribution in [0.2, 0.25) is 0 Å². The number of benzene rings is 3. The predicted octanol–water partition coefficient (Wildman–Crippen LogP) is 3.80. The van der Waals surface area contributed by atoms with E-state index in [1.807, 2.05) is 30.3 Å². The normalized spacial score (nSPS) is 18.9. The highest BCUT2D eigenvalue weighted by Gasteiger charge is 2.51. The lowest BCUT2D eigenvalue weighted by Crippen LogP contribution is -2.76. The van der Waals surface area contributed by atoms with Crippen molar-refractivity contribution in [1.29, 1.82) is 0 Å². The third kappa shape index (κ3) is 6.67. The van der Waals surface area contributed by atoms with E-state index < -0.39 is 35.8 Å². The molecule has 2 aliphatic heterocycles. The van der Waals surface area contributed by atoms with Gasteiger partial charge in [0.05, 0.1) is 13.1 Å². The summed E-state index contributed by atoms with van der Waals surface area (Å²) in [5.74, 6) is -2.26. The molecule has 0 bridgehead atoms. The van der Waals surface area contributed by atoms with E-state index in [0.29, 0.717) is 5.56 Å². The summed E-state index contributed by atoms with van der Waals surface area (Å²) >= 11 is 0. The minimum Gasteiger partial charge on any atom is -0.508 e. The Labute approximate surface area is 248 Å². The molecule has 5 rings (SSSR count). The van der Waals surface area contributed by atoms with Crippen molar-refractivity contribution in [1.82, 2.24) is 25.1 Å². The second-order valence-corrected chi connectivity index (χ2v) is 10.9. The smallest absolute Gasteiger partial charge is 0.334 e. The van der Waals surface area contributed by atoms with Gasteiger partial charge in [-0.05, 0) is 36.2 Å². The molecule has 2 heterocycles. The summed E-state index contributed by atoms with van der Waals surface area (Å²) in [6, 6.07) is 17.3. The monoisotopic (exact) mass is 589 g/mol. The third-order valence-corrected chi connectivity index (χ3v) is 7.52. The summed E-state index contributed by atoms with van der Waals surface area (Å²) in [5.41, 5.74) is 2.39. The van der Waals surface area contributed by atoms with Gasteiger partial charge in [-0.1, -0.05) is 60.7 Å². The first-order valence-electron chi connectivity index (χ1n) is 13.9. The maximum atomic E-state index is 14.7. The van der Waals surface area contributed by atoms with E-state index in [-0.39, 0.29) is 56.4 Å². The first kappa shape index (κ1) is 29.7. The van der Waals surface area contributed by atoms with E-state index >= 15 is 0 Å². The van der Waals surface area contributed by atoms with Crippen LogP contribution in [0.3, 0.4) is 0 Å². The highest BCUT2D eigenvalue weighted by Crippen LogP contribution is 2.30. The van der Waals surface area contributed by atoms with Crippen LogP contribution < -0.4 is 5.32 Å². The number of nitrogens with zero attached hydrogens (tertiary/aromatic N) is 4. The Kier molecular flexibility index (Phi) is 8.72. The number of hydrogen-bond acceptors (Lipinski definition) is 5. The van der Waals surface area contributed by atoms with Crippen molar-refractivity contribution in [3.05, 3.63) is 113 Å². The van der Waals surface area contributed by atoms with Gasteiger partial charge in [-0.25, -0.2) is 23.6 Å². The van der Waals surface area contributed by atoms with Gasteiger partial charge in [-0.2, -0.15) is 0 Å². The van der Waals surface area contributed by atoms with E-state index in [2.05, 4.69) is 11.9 Å². The summed E-state index contributed by atoms with van der Waals surface area (Å²) in [7, 11) is 0. The Morgan fingerprint density at radius 1 is 1.02 bits per heavy atom. The second-order valence-electron chi connectivity index (χ2n) is 10.9. The molecule has 0 spiro atoms. The molecule has 0 radical (unpaired) electrons. The zero-order valence-corrected chi connectivity index (χ0v) is 23.7. The number of nitrogens with one attached hydrogen (secondary N) is 1. The molecule has 1 unspecified atom stereocenters. The fourth-order valence-electron chi connectivity index (χ4n) is 5.55. The van der Waals surface area contributed by atoms with Crippen molar-refractivity contribution in [2.45, 2.75) is 38.6 Å². The maximum absolute atomic E-state index is 14.7. The van der Waals surface area contributed by atoms with Gasteiger partial charge in [-0.15, -0.1) is 0 Å². The van der Waals surface area contributed by atoms with Gasteiger partial charge in [0.25, 0.3) is 0 Å². The van der Waals surface area contributed by atoms with Gasteiger partial charge in [0.15, 0.2) is 0 Å². The van der Waals surface area contributed by atoms with E-state index in [1.165, 1.54) is 33.0 Å². The van der Waals surface area contributed by atoms with Crippen LogP contribution in [-0.4, -0.2) is 74.6 Å². The molecule has 9 nitrogen and oxygen atoms in total. The van der Waals surface area contributed by atoms with Crippen molar-refractivity contribution < 1.29 is 28.3 Å². The summed E-state index contributed by atoms with van der Waals surface area (Å²) in [6.45, 7) is 5.76. The first-order chi connectivity index (χ1) is 20.6. The molecule has 2 saturated heterocycles. The minimum atomic E-state index is -1.02. The quantitative estimate of drug-likeness (QED) is 0.390. The average Bonchev–Trinajstić information content (AvgIpc) is 2.96. The number of rotatable bonds is 8. The van der Waals surface area contributed by atoms with Crippen molar-refractivity contribution >= 4 is 17.8 Å². The SMILES string of the molecule is C=C(C)CN1CC(=O)N2C(CN(Cc3ccc(F)cc3F)C(=O)[C@@H]2Cc2ccc(O)cc2)N1C(=O)NCc1ccccc1. The number of carbonyl (C=O) groups excluding carboxylic acids is 3. The standard InChI is InChI=1S/C32H33F2N5O4/c1-21(2)17-37-20-30(41)38-28(14-22-8-12-26(40)13-9-22)31(42)36(18-24-10-11-25(33)15-27(24)34)19-29(38)39(37)32(43)35-16-23-6-4-3-5-7-23/h3-13,15,28-29,40H,1,14,16-20H2,2H3,(H,35,43)/t28-,29?/m0/s1. The molecule has 0 saturated carbocycles. The van der Waals surface area contributed by atoms with Gasteiger partial charge in [0, 0.05) is 37.7 Å². The number of aromatic hydroxyl groups is 1. The molecule has 3 aromatic rings. The Morgan fingerprint density at radius 2 is 1.74 bits per heavy atom. The Bertz CT molecular complexity index is 1520. The lowest BCUT2D eigenvalue weighted by atomic mass is 9.98. The minimum absolute atomic E-state index is 0.0516. The van der Waals surface area contributed by atoms with Crippen LogP contribution in [0.4, 0.5) is 13.6 Å². The molecule has 11 heteroatoms. The highest BCUT2D eigenvalue weighted by molar-refractivity contribution is 5.91. The number of phenolic OH excluding ortho intramolecular Hbond substituents is 1. The van der Waals surface area contributed by atoms with Crippen LogP contribution in [0, 0.1) is 11.6 Å². The van der Waals surface area contributed by atoms with Crippen molar-refractivity contribution in [2.24, 2.45) is 0 Å². The third-order valence-electron chi connectivity index (χ3n) is 7.52. The van der Waals surface area contributed by atoms with Crippen molar-refractivity contribution in [3.63, 3.8) is 0 Å². The van der Waals surface area contributed by atoms with E-state index in [0.717, 1.165) is 23.3 Å². The number of carbonyl (C=O) groups is 3. The largest absolute Gasteiger partial charge is 0.508 e. The number of amides is 4. The Balaban J connectivity index is 1.52. The van der Waals surface area contributed by atoms with Crippen LogP contribution in [0.1, 0.15) is 23.6 Å². The van der Waals surface area contributed by atoms with Gasteiger partial charge in [0.1, 0.15) is 29.6 Å². The first-order valence-corrected chi connectivity index (χ1v) is 13.9. The number of halogens is 2. The van der Waals surface area contributed by atoms with Crippen LogP contribution >= 0.6 is 0 Å². The zero-order valence-electron chi connectivity index (χ0n) is 23.7. The molecule has 2 aliphatic rings. The number of fused-ring (bicyclic) bond motifs is 1. The molecule has 4 amide bonds. The molecule has 2 fully saturated rings. The highest BCUT2D eigenvalue weighted by atomic mass is 19.1. The predicted molar refractivity (Wildman–Crippen MR) is 155 cm³/mol. The van der Waals surface area contributed by atoms with Crippen molar-refractivity contribution in [2.75, 3.05) is 19.6 Å². The number of hydrogen-bond donors (Lipinski definition) is 2. The number of piperazine rings is 1. The average molecular weight is 590 g/mol. The van der Waals surface area contributed by atoms with E-state index in [1.54, 1.807) is 24.1 Å². The molecule has 0 aromatic heterocycles. The van der Waals surface area contributed by atoms with Crippen LogP contribution in [0.15, 0.2) is 84.9 Å². The van der Waals surface area contributed by atoms with Crippen molar-refractivity contribution in [3.8, 4) is 5.75 Å². The van der Waals surface area contributed by atoms with Gasteiger partial charge in [0.2, 0.25) is 11.8 Å². The van der Waals surface area contributed by atoms with E-state index in [9.17, 15) is 28.3 Å². The van der Waals surface area contributed by atoms with E-state index in [4.69, 9.17) is 0 Å². The Morgan fingerprint density at radius 3 is 2.42 bits per heavy atom. The summed E-state index contributed by atoms with van der Waals surface area (Å²) in [5, 5.41) is 15.7. The number of phenols is 1. The molecule has 2 N–H and O–H groups in total. The van der Waals surface area contributed by atoms with Crippen LogP contribution in [-0.2, 0) is 29.1 Å².